The van der Waals surface area contributed by atoms with Gasteiger partial charge in [0, 0.05) is 7.05 Å². The van der Waals surface area contributed by atoms with E-state index in [1.54, 1.807) is 7.05 Å². The largest absolute Gasteiger partial charge is 0.369 e. The average molecular weight is 234 g/mol. The van der Waals surface area contributed by atoms with Gasteiger partial charge in [-0.2, -0.15) is 0 Å². The number of aldehydes is 1. The minimum Gasteiger partial charge on any atom is -0.369 e. The molecule has 0 saturated heterocycles. The molecule has 1 atom stereocenters. The van der Waals surface area contributed by atoms with E-state index in [1.165, 1.54) is 11.0 Å². The fourth-order valence-corrected chi connectivity index (χ4v) is 1.20. The highest BCUT2D eigenvalue weighted by atomic mass is 16.1. The molecule has 1 unspecified atom stereocenters. The highest BCUT2D eigenvalue weighted by Gasteiger charge is 2.09. The lowest BCUT2D eigenvalue weighted by molar-refractivity contribution is -0.120. The molecule has 0 fully saturated rings. The maximum Gasteiger partial charge on any atom is 0.224 e. The van der Waals surface area contributed by atoms with Crippen molar-refractivity contribution in [3.63, 3.8) is 0 Å². The van der Waals surface area contributed by atoms with Crippen molar-refractivity contribution in [2.45, 2.75) is 6.42 Å². The Morgan fingerprint density at radius 1 is 1.59 bits per heavy atom. The molecule has 0 aromatic carbocycles. The van der Waals surface area contributed by atoms with Crippen LogP contribution in [0.4, 0.5) is 0 Å². The summed E-state index contributed by atoms with van der Waals surface area (Å²) < 4.78 is 1.48. The number of rotatable bonds is 2. The van der Waals surface area contributed by atoms with Gasteiger partial charge in [-0.15, -0.1) is 5.10 Å². The second-order valence-electron chi connectivity index (χ2n) is 3.45. The number of primary amides is 1. The number of carbonyl (C=O) groups excluding carboxylic acids is 2. The van der Waals surface area contributed by atoms with Gasteiger partial charge in [0.25, 0.3) is 0 Å². The van der Waals surface area contributed by atoms with Crippen LogP contribution in [0.5, 0.6) is 0 Å². The molecule has 0 radical (unpaired) electrons. The lowest BCUT2D eigenvalue weighted by atomic mass is 10.0. The van der Waals surface area contributed by atoms with E-state index < -0.39 is 0 Å². The Bertz CT molecular complexity index is 448. The van der Waals surface area contributed by atoms with Crippen molar-refractivity contribution >= 4 is 12.2 Å². The zero-order valence-electron chi connectivity index (χ0n) is 9.48. The molecule has 0 aliphatic heterocycles. The maximum atomic E-state index is 10.5. The van der Waals surface area contributed by atoms with E-state index in [0.717, 1.165) is 6.42 Å². The molecule has 0 saturated carbocycles. The maximum absolute atomic E-state index is 10.5. The Kier molecular flexibility index (Phi) is 4.80. The van der Waals surface area contributed by atoms with Gasteiger partial charge in [0.05, 0.1) is 5.92 Å². The SMILES string of the molecule is Cn1cnc(C=O)n1.NC(=O)C1C=CC=CC1. The first kappa shape index (κ1) is 12.8. The number of hydrogen-bond acceptors (Lipinski definition) is 4. The normalized spacial score (nSPS) is 17.1. The molecule has 1 aliphatic rings. The van der Waals surface area contributed by atoms with Gasteiger partial charge in [0.1, 0.15) is 6.33 Å². The highest BCUT2D eigenvalue weighted by Crippen LogP contribution is 2.09. The molecule has 0 bridgehead atoms. The standard InChI is InChI=1S/C7H9NO.C4H5N3O/c8-7(9)6-4-2-1-3-5-6;1-7-3-5-4(2-8)6-7/h1-4,6H,5H2,(H2,8,9);2-3H,1H3. The van der Waals surface area contributed by atoms with Crippen LogP contribution in [0.1, 0.15) is 17.0 Å². The number of amides is 1. The molecule has 90 valence electrons. The van der Waals surface area contributed by atoms with Crippen LogP contribution in [0.15, 0.2) is 30.6 Å². The Morgan fingerprint density at radius 2 is 2.35 bits per heavy atom. The van der Waals surface area contributed by atoms with Gasteiger partial charge < -0.3 is 5.73 Å². The fraction of sp³-hybridized carbons (Fsp3) is 0.273. The summed E-state index contributed by atoms with van der Waals surface area (Å²) in [4.78, 5) is 24.0. The van der Waals surface area contributed by atoms with E-state index in [2.05, 4.69) is 10.1 Å². The average Bonchev–Trinajstić information content (AvgIpc) is 2.77. The summed E-state index contributed by atoms with van der Waals surface area (Å²) >= 11 is 0. The van der Waals surface area contributed by atoms with Gasteiger partial charge >= 0.3 is 0 Å². The predicted octanol–water partition coefficient (Wildman–Crippen LogP) is 0.232. The van der Waals surface area contributed by atoms with Crippen molar-refractivity contribution in [3.05, 3.63) is 36.5 Å². The smallest absolute Gasteiger partial charge is 0.224 e. The Morgan fingerprint density at radius 3 is 2.65 bits per heavy atom. The molecule has 2 rings (SSSR count). The Hall–Kier alpha value is -2.24. The van der Waals surface area contributed by atoms with Gasteiger partial charge in [-0.25, -0.2) is 4.98 Å². The van der Waals surface area contributed by atoms with E-state index >= 15 is 0 Å². The minimum absolute atomic E-state index is 0.0741. The monoisotopic (exact) mass is 234 g/mol. The van der Waals surface area contributed by atoms with Crippen molar-refractivity contribution in [1.82, 2.24) is 14.8 Å². The third-order valence-electron chi connectivity index (χ3n) is 2.07. The van der Waals surface area contributed by atoms with Crippen molar-refractivity contribution in [2.24, 2.45) is 18.7 Å². The molecular weight excluding hydrogens is 220 g/mol. The molecule has 1 aliphatic carbocycles. The van der Waals surface area contributed by atoms with E-state index in [-0.39, 0.29) is 17.6 Å². The summed E-state index contributed by atoms with van der Waals surface area (Å²) in [6, 6.07) is 0. The lowest BCUT2D eigenvalue weighted by Gasteiger charge is -2.06. The summed E-state index contributed by atoms with van der Waals surface area (Å²) in [5, 5.41) is 3.67. The first-order valence-corrected chi connectivity index (χ1v) is 5.07. The number of nitrogens with zero attached hydrogens (tertiary/aromatic N) is 3. The second kappa shape index (κ2) is 6.37. The second-order valence-corrected chi connectivity index (χ2v) is 3.45. The number of aryl methyl sites for hydroxylation is 1. The first-order chi connectivity index (χ1) is 8.13. The van der Waals surface area contributed by atoms with Crippen LogP contribution in [0.2, 0.25) is 0 Å². The van der Waals surface area contributed by atoms with Gasteiger partial charge in [0.15, 0.2) is 6.29 Å². The lowest BCUT2D eigenvalue weighted by Crippen LogP contribution is -2.21. The van der Waals surface area contributed by atoms with Gasteiger partial charge in [-0.1, -0.05) is 24.3 Å². The van der Waals surface area contributed by atoms with Crippen LogP contribution < -0.4 is 5.73 Å². The third kappa shape index (κ3) is 4.42. The van der Waals surface area contributed by atoms with Gasteiger partial charge in [-0.05, 0) is 6.42 Å². The topological polar surface area (TPSA) is 90.9 Å². The summed E-state index contributed by atoms with van der Waals surface area (Å²) in [6.45, 7) is 0. The summed E-state index contributed by atoms with van der Waals surface area (Å²) in [5.74, 6) is -0.0851. The minimum atomic E-state index is -0.240. The quantitative estimate of drug-likeness (QED) is 0.741. The summed E-state index contributed by atoms with van der Waals surface area (Å²) in [5.41, 5.74) is 5.04. The zero-order valence-corrected chi connectivity index (χ0v) is 9.48. The first-order valence-electron chi connectivity index (χ1n) is 5.07. The Labute approximate surface area is 98.8 Å². The van der Waals surface area contributed by atoms with Crippen molar-refractivity contribution in [2.75, 3.05) is 0 Å². The number of hydrogen-bond donors (Lipinski definition) is 1. The molecule has 6 heteroatoms. The van der Waals surface area contributed by atoms with E-state index in [4.69, 9.17) is 5.73 Å². The molecule has 1 aromatic heterocycles. The van der Waals surface area contributed by atoms with E-state index in [0.29, 0.717) is 6.29 Å². The van der Waals surface area contributed by atoms with Crippen molar-refractivity contribution in [3.8, 4) is 0 Å². The molecule has 1 heterocycles. The zero-order chi connectivity index (χ0) is 12.7. The molecule has 2 N–H and O–H groups in total. The van der Waals surface area contributed by atoms with E-state index in [1.807, 2.05) is 24.3 Å². The molecule has 1 amide bonds. The van der Waals surface area contributed by atoms with Crippen LogP contribution in [0.3, 0.4) is 0 Å². The van der Waals surface area contributed by atoms with Crippen LogP contribution in [0, 0.1) is 5.92 Å². The number of allylic oxidation sites excluding steroid dienone is 3. The van der Waals surface area contributed by atoms with E-state index in [9.17, 15) is 9.59 Å². The van der Waals surface area contributed by atoms with Crippen molar-refractivity contribution < 1.29 is 9.59 Å². The Balaban J connectivity index is 0.000000171. The summed E-state index contributed by atoms with van der Waals surface area (Å²) in [6.07, 6.45) is 10.4. The molecule has 1 aromatic rings. The van der Waals surface area contributed by atoms with Crippen LogP contribution in [0.25, 0.3) is 0 Å². The predicted molar refractivity (Wildman–Crippen MR) is 62.0 cm³/mol. The fourth-order valence-electron chi connectivity index (χ4n) is 1.20. The van der Waals surface area contributed by atoms with Crippen molar-refractivity contribution in [1.29, 1.82) is 0 Å². The molecule has 0 spiro atoms. The molecule has 17 heavy (non-hydrogen) atoms. The van der Waals surface area contributed by atoms with Gasteiger partial charge in [0.2, 0.25) is 11.7 Å². The third-order valence-corrected chi connectivity index (χ3v) is 2.07. The number of carbonyl (C=O) groups is 2. The highest BCUT2D eigenvalue weighted by molar-refractivity contribution is 5.79. The number of nitrogens with two attached hydrogens (primary N) is 1. The number of aromatic nitrogens is 3. The van der Waals surface area contributed by atoms with Crippen LogP contribution in [-0.4, -0.2) is 27.0 Å². The van der Waals surface area contributed by atoms with Crippen LogP contribution >= 0.6 is 0 Å². The summed E-state index contributed by atoms with van der Waals surface area (Å²) in [7, 11) is 1.71. The van der Waals surface area contributed by atoms with Crippen LogP contribution in [-0.2, 0) is 11.8 Å². The van der Waals surface area contributed by atoms with Gasteiger partial charge in [-0.3, -0.25) is 14.3 Å². The molecular formula is C11H14N4O2. The molecule has 6 nitrogen and oxygen atoms in total.